The van der Waals surface area contributed by atoms with E-state index in [2.05, 4.69) is 4.98 Å². The van der Waals surface area contributed by atoms with E-state index in [9.17, 15) is 4.39 Å². The Hall–Kier alpha value is -0.870. The number of nitrogens with two attached hydrogens (primary N) is 1. The number of pyridine rings is 1. The Morgan fingerprint density at radius 1 is 1.33 bits per heavy atom. The molecule has 5 heteroatoms. The molecule has 0 aromatic carbocycles. The first kappa shape index (κ1) is 13.6. The normalized spacial score (nSPS) is 19.3. The maximum Gasteiger partial charge on any atom is 0.250 e. The van der Waals surface area contributed by atoms with Crippen molar-refractivity contribution in [2.45, 2.75) is 44.1 Å². The number of aromatic nitrogens is 1. The zero-order chi connectivity index (χ0) is 13.0. The van der Waals surface area contributed by atoms with Gasteiger partial charge < -0.3 is 10.5 Å². The first-order chi connectivity index (χ1) is 8.59. The van der Waals surface area contributed by atoms with Crippen molar-refractivity contribution >= 4 is 11.6 Å². The highest BCUT2D eigenvalue weighted by molar-refractivity contribution is 6.30. The van der Waals surface area contributed by atoms with E-state index in [0.717, 1.165) is 25.7 Å². The molecule has 0 bridgehead atoms. The topological polar surface area (TPSA) is 48.1 Å². The second kappa shape index (κ2) is 5.85. The first-order valence-electron chi connectivity index (χ1n) is 6.32. The summed E-state index contributed by atoms with van der Waals surface area (Å²) in [6.45, 7) is 0.304. The summed E-state index contributed by atoms with van der Waals surface area (Å²) in [5.41, 5.74) is 5.93. The fourth-order valence-electron chi connectivity index (χ4n) is 2.30. The van der Waals surface area contributed by atoms with Gasteiger partial charge in [0.25, 0.3) is 5.88 Å². The Bertz CT molecular complexity index is 406. The lowest BCUT2D eigenvalue weighted by atomic mass is 9.93. The van der Waals surface area contributed by atoms with Crippen molar-refractivity contribution < 1.29 is 9.13 Å². The second-order valence-corrected chi connectivity index (χ2v) is 5.44. The lowest BCUT2D eigenvalue weighted by Gasteiger charge is -2.27. The van der Waals surface area contributed by atoms with Crippen LogP contribution in [0.1, 0.15) is 38.5 Å². The molecule has 0 unspecified atom stereocenters. The van der Waals surface area contributed by atoms with Crippen LogP contribution in [0.4, 0.5) is 4.39 Å². The summed E-state index contributed by atoms with van der Waals surface area (Å²) in [4.78, 5) is 3.83. The van der Waals surface area contributed by atoms with Gasteiger partial charge >= 0.3 is 0 Å². The molecule has 18 heavy (non-hydrogen) atoms. The first-order valence-corrected chi connectivity index (χ1v) is 6.70. The van der Waals surface area contributed by atoms with Crippen LogP contribution in [0.25, 0.3) is 0 Å². The number of halogens is 2. The molecule has 0 aliphatic heterocycles. The summed E-state index contributed by atoms with van der Waals surface area (Å²) in [5, 5.41) is 0.261. The zero-order valence-electron chi connectivity index (χ0n) is 10.3. The Morgan fingerprint density at radius 3 is 2.61 bits per heavy atom. The maximum absolute atomic E-state index is 13.5. The van der Waals surface area contributed by atoms with Gasteiger partial charge in [0.2, 0.25) is 0 Å². The molecule has 0 amide bonds. The molecule has 2 N–H and O–H groups in total. The van der Waals surface area contributed by atoms with E-state index >= 15 is 0 Å². The Labute approximate surface area is 111 Å². The maximum atomic E-state index is 13.5. The molecule has 1 heterocycles. The Balaban J connectivity index is 1.97. The number of hydrogen-bond donors (Lipinski definition) is 1. The lowest BCUT2D eigenvalue weighted by molar-refractivity contribution is 0.187. The predicted molar refractivity (Wildman–Crippen MR) is 69.3 cm³/mol. The van der Waals surface area contributed by atoms with E-state index in [0.29, 0.717) is 6.61 Å². The average molecular weight is 273 g/mol. The van der Waals surface area contributed by atoms with Crippen LogP contribution in [0.3, 0.4) is 0 Å². The van der Waals surface area contributed by atoms with Gasteiger partial charge in [0.05, 0.1) is 10.6 Å². The highest BCUT2D eigenvalue weighted by Crippen LogP contribution is 2.26. The summed E-state index contributed by atoms with van der Waals surface area (Å²) >= 11 is 5.63. The number of hydrogen-bond acceptors (Lipinski definition) is 3. The van der Waals surface area contributed by atoms with Crippen LogP contribution < -0.4 is 10.5 Å². The molecule has 3 nitrogen and oxygen atoms in total. The minimum atomic E-state index is -0.542. The van der Waals surface area contributed by atoms with Crippen molar-refractivity contribution in [2.24, 2.45) is 5.73 Å². The Kier molecular flexibility index (Phi) is 4.40. The standard InChI is InChI=1S/C13H18ClFN2O/c14-10-7-11(15)12(17-8-10)18-9-13(16)5-3-1-2-4-6-13/h7-8H,1-6,9,16H2. The largest absolute Gasteiger partial charge is 0.474 e. The molecule has 0 spiro atoms. The minimum Gasteiger partial charge on any atom is -0.474 e. The molecule has 0 radical (unpaired) electrons. The van der Waals surface area contributed by atoms with Gasteiger partial charge in [0, 0.05) is 6.20 Å². The van der Waals surface area contributed by atoms with Crippen molar-refractivity contribution in [1.82, 2.24) is 4.98 Å². The van der Waals surface area contributed by atoms with Gasteiger partial charge in [-0.3, -0.25) is 0 Å². The van der Waals surface area contributed by atoms with Crippen molar-refractivity contribution in [2.75, 3.05) is 6.61 Å². The zero-order valence-corrected chi connectivity index (χ0v) is 11.0. The molecule has 1 saturated carbocycles. The molecule has 2 rings (SSSR count). The molecule has 1 aromatic heterocycles. The SMILES string of the molecule is NC1(COc2ncc(Cl)cc2F)CCCCCC1. The molecule has 100 valence electrons. The van der Waals surface area contributed by atoms with Crippen molar-refractivity contribution in [1.29, 1.82) is 0 Å². The molecular weight excluding hydrogens is 255 g/mol. The number of nitrogens with zero attached hydrogens (tertiary/aromatic N) is 1. The van der Waals surface area contributed by atoms with E-state index in [1.165, 1.54) is 25.1 Å². The van der Waals surface area contributed by atoms with Crippen LogP contribution in [0, 0.1) is 5.82 Å². The summed E-state index contributed by atoms with van der Waals surface area (Å²) < 4.78 is 18.9. The number of ether oxygens (including phenoxy) is 1. The van der Waals surface area contributed by atoms with E-state index < -0.39 is 5.82 Å². The molecule has 0 atom stereocenters. The lowest BCUT2D eigenvalue weighted by Crippen LogP contribution is -2.45. The van der Waals surface area contributed by atoms with E-state index in [1.54, 1.807) is 0 Å². The summed E-state index contributed by atoms with van der Waals surface area (Å²) in [7, 11) is 0. The van der Waals surface area contributed by atoms with Crippen molar-refractivity contribution in [3.05, 3.63) is 23.1 Å². The predicted octanol–water partition coefficient (Wildman–Crippen LogP) is 3.30. The van der Waals surface area contributed by atoms with Crippen LogP contribution in [-0.2, 0) is 0 Å². The van der Waals surface area contributed by atoms with Gasteiger partial charge in [-0.05, 0) is 18.9 Å². The second-order valence-electron chi connectivity index (χ2n) is 5.01. The summed E-state index contributed by atoms with van der Waals surface area (Å²) in [6, 6.07) is 1.19. The average Bonchev–Trinajstić information content (AvgIpc) is 2.54. The van der Waals surface area contributed by atoms with E-state index in [4.69, 9.17) is 22.1 Å². The van der Waals surface area contributed by atoms with Crippen molar-refractivity contribution in [3.63, 3.8) is 0 Å². The van der Waals surface area contributed by atoms with Crippen LogP contribution in [0.15, 0.2) is 12.3 Å². The Morgan fingerprint density at radius 2 is 2.00 bits per heavy atom. The van der Waals surface area contributed by atoms with Gasteiger partial charge in [-0.2, -0.15) is 0 Å². The smallest absolute Gasteiger partial charge is 0.250 e. The van der Waals surface area contributed by atoms with Gasteiger partial charge in [0.15, 0.2) is 5.82 Å². The molecule has 1 aromatic rings. The molecule has 1 aliphatic carbocycles. The van der Waals surface area contributed by atoms with Crippen LogP contribution in [-0.4, -0.2) is 17.1 Å². The summed E-state index contributed by atoms with van der Waals surface area (Å²) in [5.74, 6) is -0.562. The number of rotatable bonds is 3. The van der Waals surface area contributed by atoms with Crippen LogP contribution in [0.5, 0.6) is 5.88 Å². The van der Waals surface area contributed by atoms with E-state index in [-0.39, 0.29) is 16.4 Å². The van der Waals surface area contributed by atoms with Gasteiger partial charge in [-0.15, -0.1) is 0 Å². The monoisotopic (exact) mass is 272 g/mol. The fraction of sp³-hybridized carbons (Fsp3) is 0.615. The van der Waals surface area contributed by atoms with Crippen LogP contribution >= 0.6 is 11.6 Å². The van der Waals surface area contributed by atoms with Gasteiger partial charge in [0.1, 0.15) is 6.61 Å². The highest BCUT2D eigenvalue weighted by Gasteiger charge is 2.27. The molecular formula is C13H18ClFN2O. The summed E-state index contributed by atoms with van der Waals surface area (Å²) in [6.07, 6.45) is 7.85. The third-order valence-corrected chi connectivity index (χ3v) is 3.58. The molecule has 0 saturated heterocycles. The van der Waals surface area contributed by atoms with Crippen molar-refractivity contribution in [3.8, 4) is 5.88 Å². The molecule has 1 aliphatic rings. The van der Waals surface area contributed by atoms with E-state index in [1.807, 2.05) is 0 Å². The van der Waals surface area contributed by atoms with Gasteiger partial charge in [-0.1, -0.05) is 37.3 Å². The van der Waals surface area contributed by atoms with Crippen LogP contribution in [0.2, 0.25) is 5.02 Å². The third kappa shape index (κ3) is 3.56. The minimum absolute atomic E-state index is 0.0199. The van der Waals surface area contributed by atoms with Gasteiger partial charge in [-0.25, -0.2) is 9.37 Å². The highest BCUT2D eigenvalue weighted by atomic mass is 35.5. The quantitative estimate of drug-likeness (QED) is 0.859. The third-order valence-electron chi connectivity index (χ3n) is 3.37. The fourth-order valence-corrected chi connectivity index (χ4v) is 2.44. The molecule has 1 fully saturated rings.